The van der Waals surface area contributed by atoms with Gasteiger partial charge in [0.1, 0.15) is 0 Å². The molecule has 0 spiro atoms. The minimum Gasteiger partial charge on any atom is -0.389 e. The van der Waals surface area contributed by atoms with Crippen LogP contribution < -0.4 is 5.32 Å². The maximum absolute atomic E-state index is 10.2. The summed E-state index contributed by atoms with van der Waals surface area (Å²) in [6.07, 6.45) is 4.33. The first-order valence-electron chi connectivity index (χ1n) is 6.55. The van der Waals surface area contributed by atoms with Gasteiger partial charge < -0.3 is 10.4 Å². The summed E-state index contributed by atoms with van der Waals surface area (Å²) in [7, 11) is 0. The molecule has 0 aromatic heterocycles. The van der Waals surface area contributed by atoms with Crippen LogP contribution in [-0.4, -0.2) is 34.8 Å². The van der Waals surface area contributed by atoms with Crippen LogP contribution in [0, 0.1) is 5.92 Å². The Balaban J connectivity index is 2.07. The first-order valence-corrected chi connectivity index (χ1v) is 7.71. The summed E-state index contributed by atoms with van der Waals surface area (Å²) in [6, 6.07) is 0.508. The van der Waals surface area contributed by atoms with Crippen LogP contribution in [0.1, 0.15) is 46.5 Å². The lowest BCUT2D eigenvalue weighted by Crippen LogP contribution is -2.42. The van der Waals surface area contributed by atoms with Gasteiger partial charge in [0.15, 0.2) is 0 Å². The Morgan fingerprint density at radius 3 is 2.38 bits per heavy atom. The molecule has 0 aliphatic heterocycles. The fraction of sp³-hybridized carbons (Fsp3) is 1.00. The van der Waals surface area contributed by atoms with Gasteiger partial charge in [-0.1, -0.05) is 26.7 Å². The first-order chi connectivity index (χ1) is 7.52. The van der Waals surface area contributed by atoms with Gasteiger partial charge in [0, 0.05) is 18.3 Å². The SMILES string of the molecule is CC(C)CSCC(C)NCC1(O)CCCC1. The van der Waals surface area contributed by atoms with E-state index >= 15 is 0 Å². The van der Waals surface area contributed by atoms with Crippen molar-refractivity contribution in [1.82, 2.24) is 5.32 Å². The quantitative estimate of drug-likeness (QED) is 0.723. The molecule has 0 aromatic carbocycles. The molecule has 0 saturated heterocycles. The third kappa shape index (κ3) is 5.55. The van der Waals surface area contributed by atoms with Crippen LogP contribution >= 0.6 is 11.8 Å². The summed E-state index contributed by atoms with van der Waals surface area (Å²) >= 11 is 2.01. The summed E-state index contributed by atoms with van der Waals surface area (Å²) < 4.78 is 0. The van der Waals surface area contributed by atoms with E-state index in [1.807, 2.05) is 11.8 Å². The van der Waals surface area contributed by atoms with Crippen LogP contribution in [0.25, 0.3) is 0 Å². The zero-order valence-electron chi connectivity index (χ0n) is 11.0. The van der Waals surface area contributed by atoms with E-state index in [0.29, 0.717) is 6.04 Å². The number of hydrogen-bond acceptors (Lipinski definition) is 3. The Hall–Kier alpha value is 0.270. The third-order valence-electron chi connectivity index (χ3n) is 3.13. The molecule has 0 aromatic rings. The molecule has 1 unspecified atom stereocenters. The van der Waals surface area contributed by atoms with Crippen molar-refractivity contribution in [2.75, 3.05) is 18.1 Å². The number of thioether (sulfide) groups is 1. The van der Waals surface area contributed by atoms with Crippen molar-refractivity contribution in [3.8, 4) is 0 Å². The topological polar surface area (TPSA) is 32.3 Å². The van der Waals surface area contributed by atoms with Gasteiger partial charge in [0.05, 0.1) is 5.60 Å². The second-order valence-electron chi connectivity index (χ2n) is 5.64. The Morgan fingerprint density at radius 1 is 1.19 bits per heavy atom. The normalized spacial score (nSPS) is 21.6. The van der Waals surface area contributed by atoms with E-state index in [-0.39, 0.29) is 0 Å². The summed E-state index contributed by atoms with van der Waals surface area (Å²) in [6.45, 7) is 7.50. The summed E-state index contributed by atoms with van der Waals surface area (Å²) in [5.41, 5.74) is -0.406. The Labute approximate surface area is 105 Å². The molecule has 2 N–H and O–H groups in total. The lowest BCUT2D eigenvalue weighted by molar-refractivity contribution is 0.0460. The smallest absolute Gasteiger partial charge is 0.0771 e. The Kier molecular flexibility index (Phi) is 6.16. The van der Waals surface area contributed by atoms with E-state index in [2.05, 4.69) is 26.1 Å². The summed E-state index contributed by atoms with van der Waals surface area (Å²) in [4.78, 5) is 0. The largest absolute Gasteiger partial charge is 0.389 e. The zero-order valence-corrected chi connectivity index (χ0v) is 11.8. The lowest BCUT2D eigenvalue weighted by atomic mass is 10.0. The van der Waals surface area contributed by atoms with Gasteiger partial charge >= 0.3 is 0 Å². The van der Waals surface area contributed by atoms with E-state index in [4.69, 9.17) is 0 Å². The predicted octanol–water partition coefficient (Wildman–Crippen LogP) is 2.66. The van der Waals surface area contributed by atoms with E-state index in [1.54, 1.807) is 0 Å². The molecule has 1 saturated carbocycles. The van der Waals surface area contributed by atoms with Gasteiger partial charge in [-0.15, -0.1) is 0 Å². The van der Waals surface area contributed by atoms with E-state index in [1.165, 1.54) is 18.6 Å². The van der Waals surface area contributed by atoms with Gasteiger partial charge in [-0.25, -0.2) is 0 Å². The molecule has 0 radical (unpaired) electrons. The predicted molar refractivity (Wildman–Crippen MR) is 73.0 cm³/mol. The molecule has 1 rings (SSSR count). The number of hydrogen-bond donors (Lipinski definition) is 2. The van der Waals surface area contributed by atoms with Crippen LogP contribution in [0.2, 0.25) is 0 Å². The standard InChI is InChI=1S/C13H27NOS/c1-11(2)8-16-9-12(3)14-10-13(15)6-4-5-7-13/h11-12,14-15H,4-10H2,1-3H3. The highest BCUT2D eigenvalue weighted by Gasteiger charge is 2.30. The van der Waals surface area contributed by atoms with Crippen LogP contribution in [0.3, 0.4) is 0 Å². The van der Waals surface area contributed by atoms with E-state index in [9.17, 15) is 5.11 Å². The number of rotatable bonds is 7. The maximum atomic E-state index is 10.2. The highest BCUT2D eigenvalue weighted by atomic mass is 32.2. The van der Waals surface area contributed by atoms with Gasteiger partial charge in [0.25, 0.3) is 0 Å². The fourth-order valence-corrected chi connectivity index (χ4v) is 3.19. The molecule has 0 bridgehead atoms. The molecule has 1 fully saturated rings. The molecule has 16 heavy (non-hydrogen) atoms. The maximum Gasteiger partial charge on any atom is 0.0771 e. The van der Waals surface area contributed by atoms with Crippen molar-refractivity contribution in [1.29, 1.82) is 0 Å². The second kappa shape index (κ2) is 6.87. The molecule has 1 atom stereocenters. The van der Waals surface area contributed by atoms with Gasteiger partial charge in [-0.3, -0.25) is 0 Å². The molecule has 1 aliphatic carbocycles. The third-order valence-corrected chi connectivity index (χ3v) is 4.77. The average Bonchev–Trinajstić information content (AvgIpc) is 2.62. The average molecular weight is 245 g/mol. The molecule has 0 heterocycles. The molecular formula is C13H27NOS. The van der Waals surface area contributed by atoms with Crippen LogP contribution in [0.15, 0.2) is 0 Å². The van der Waals surface area contributed by atoms with Crippen molar-refractivity contribution in [2.45, 2.75) is 58.1 Å². The molecule has 96 valence electrons. The molecule has 0 amide bonds. The molecular weight excluding hydrogens is 218 g/mol. The molecule has 1 aliphatic rings. The van der Waals surface area contributed by atoms with Gasteiger partial charge in [-0.05, 0) is 31.4 Å². The lowest BCUT2D eigenvalue weighted by Gasteiger charge is -2.25. The number of nitrogens with one attached hydrogen (secondary N) is 1. The fourth-order valence-electron chi connectivity index (χ4n) is 2.11. The van der Waals surface area contributed by atoms with Crippen LogP contribution in [-0.2, 0) is 0 Å². The van der Waals surface area contributed by atoms with E-state index in [0.717, 1.165) is 31.1 Å². The van der Waals surface area contributed by atoms with Crippen molar-refractivity contribution < 1.29 is 5.11 Å². The van der Waals surface area contributed by atoms with Gasteiger partial charge in [0.2, 0.25) is 0 Å². The monoisotopic (exact) mass is 245 g/mol. The van der Waals surface area contributed by atoms with Gasteiger partial charge in [-0.2, -0.15) is 11.8 Å². The van der Waals surface area contributed by atoms with Crippen molar-refractivity contribution in [3.63, 3.8) is 0 Å². The minimum absolute atomic E-state index is 0.406. The van der Waals surface area contributed by atoms with E-state index < -0.39 is 5.60 Å². The van der Waals surface area contributed by atoms with Crippen LogP contribution in [0.5, 0.6) is 0 Å². The van der Waals surface area contributed by atoms with Crippen molar-refractivity contribution in [2.24, 2.45) is 5.92 Å². The highest BCUT2D eigenvalue weighted by molar-refractivity contribution is 7.99. The molecule has 3 heteroatoms. The molecule has 2 nitrogen and oxygen atoms in total. The Morgan fingerprint density at radius 2 is 1.81 bits per heavy atom. The summed E-state index contributed by atoms with van der Waals surface area (Å²) in [5.74, 6) is 3.15. The van der Waals surface area contributed by atoms with Crippen molar-refractivity contribution in [3.05, 3.63) is 0 Å². The minimum atomic E-state index is -0.406. The van der Waals surface area contributed by atoms with Crippen molar-refractivity contribution >= 4 is 11.8 Å². The summed E-state index contributed by atoms with van der Waals surface area (Å²) in [5, 5.41) is 13.7. The zero-order chi connectivity index (χ0) is 12.0. The number of aliphatic hydroxyl groups is 1. The first kappa shape index (κ1) is 14.3. The Bertz CT molecular complexity index is 190. The second-order valence-corrected chi connectivity index (χ2v) is 6.72. The van der Waals surface area contributed by atoms with Crippen LogP contribution in [0.4, 0.5) is 0 Å². The highest BCUT2D eigenvalue weighted by Crippen LogP contribution is 2.28.